The van der Waals surface area contributed by atoms with Crippen molar-refractivity contribution in [2.24, 2.45) is 5.92 Å². The number of rotatable bonds is 4. The number of likely N-dealkylation sites (tertiary alicyclic amines) is 1. The Morgan fingerprint density at radius 1 is 1.53 bits per heavy atom. The van der Waals surface area contributed by atoms with Crippen molar-refractivity contribution in [2.45, 2.75) is 32.7 Å². The minimum atomic E-state index is 0.139. The van der Waals surface area contributed by atoms with Crippen molar-refractivity contribution < 1.29 is 9.90 Å². The van der Waals surface area contributed by atoms with E-state index in [0.717, 1.165) is 32.5 Å². The molecule has 0 aliphatic carbocycles. The summed E-state index contributed by atoms with van der Waals surface area (Å²) >= 11 is 0. The van der Waals surface area contributed by atoms with Gasteiger partial charge in [-0.2, -0.15) is 0 Å². The summed E-state index contributed by atoms with van der Waals surface area (Å²) in [4.78, 5) is 13.2. The third kappa shape index (κ3) is 3.80. The van der Waals surface area contributed by atoms with Gasteiger partial charge in [0.05, 0.1) is 0 Å². The predicted octanol–water partition coefficient (Wildman–Crippen LogP) is 0.215. The molecule has 4 nitrogen and oxygen atoms in total. The molecular weight excluding hydrogens is 192 g/mol. The van der Waals surface area contributed by atoms with E-state index in [1.165, 1.54) is 0 Å². The second-order valence-electron chi connectivity index (χ2n) is 4.29. The third-order valence-corrected chi connectivity index (χ3v) is 3.01. The van der Waals surface area contributed by atoms with Gasteiger partial charge in [-0.25, -0.2) is 0 Å². The molecule has 1 rings (SSSR count). The lowest BCUT2D eigenvalue weighted by molar-refractivity contribution is -0.131. The highest BCUT2D eigenvalue weighted by atomic mass is 16.3. The molecule has 0 spiro atoms. The van der Waals surface area contributed by atoms with Crippen LogP contribution in [-0.4, -0.2) is 48.2 Å². The molecule has 15 heavy (non-hydrogen) atoms. The average molecular weight is 214 g/mol. The Bertz CT molecular complexity index is 195. The Kier molecular flexibility index (Phi) is 5.05. The minimum Gasteiger partial charge on any atom is -0.396 e. The molecule has 1 fully saturated rings. The van der Waals surface area contributed by atoms with E-state index in [1.807, 2.05) is 4.90 Å². The Hall–Kier alpha value is -0.610. The van der Waals surface area contributed by atoms with Crippen molar-refractivity contribution in [3.8, 4) is 0 Å². The molecule has 0 aromatic carbocycles. The summed E-state index contributed by atoms with van der Waals surface area (Å²) in [6.07, 6.45) is 1.86. The Morgan fingerprint density at radius 2 is 2.27 bits per heavy atom. The Balaban J connectivity index is 2.51. The number of nitrogens with one attached hydrogen (secondary N) is 1. The van der Waals surface area contributed by atoms with Crippen molar-refractivity contribution in [1.82, 2.24) is 10.2 Å². The number of piperidine rings is 1. The van der Waals surface area contributed by atoms with Crippen LogP contribution < -0.4 is 5.32 Å². The summed E-state index contributed by atoms with van der Waals surface area (Å²) in [6.45, 7) is 6.46. The van der Waals surface area contributed by atoms with Crippen LogP contribution in [0.1, 0.15) is 26.7 Å². The second kappa shape index (κ2) is 6.08. The van der Waals surface area contributed by atoms with Crippen LogP contribution in [0.15, 0.2) is 0 Å². The maximum absolute atomic E-state index is 11.3. The fraction of sp³-hybridized carbons (Fsp3) is 0.909. The molecule has 1 aliphatic heterocycles. The zero-order chi connectivity index (χ0) is 11.3. The lowest BCUT2D eigenvalue weighted by atomic mass is 9.91. The zero-order valence-corrected chi connectivity index (χ0v) is 9.70. The number of aliphatic hydroxyl groups excluding tert-OH is 1. The fourth-order valence-electron chi connectivity index (χ4n) is 2.29. The highest BCUT2D eigenvalue weighted by Crippen LogP contribution is 2.19. The molecule has 1 aliphatic rings. The first-order valence-electron chi connectivity index (χ1n) is 5.77. The molecule has 0 radical (unpaired) electrons. The monoisotopic (exact) mass is 214 g/mol. The van der Waals surface area contributed by atoms with Crippen molar-refractivity contribution >= 4 is 5.91 Å². The highest BCUT2D eigenvalue weighted by molar-refractivity contribution is 5.73. The molecule has 0 bridgehead atoms. The first-order chi connectivity index (χ1) is 7.17. The van der Waals surface area contributed by atoms with E-state index in [1.54, 1.807) is 6.92 Å². The van der Waals surface area contributed by atoms with Gasteiger partial charge in [0.1, 0.15) is 0 Å². The molecule has 0 aromatic heterocycles. The van der Waals surface area contributed by atoms with Gasteiger partial charge in [-0.3, -0.25) is 4.79 Å². The van der Waals surface area contributed by atoms with Gasteiger partial charge >= 0.3 is 0 Å². The molecule has 88 valence electrons. The molecule has 1 amide bonds. The summed E-state index contributed by atoms with van der Waals surface area (Å²) in [5, 5.41) is 12.3. The van der Waals surface area contributed by atoms with E-state index in [4.69, 9.17) is 5.11 Å². The summed E-state index contributed by atoms with van der Waals surface area (Å²) < 4.78 is 0. The van der Waals surface area contributed by atoms with Crippen LogP contribution in [0.3, 0.4) is 0 Å². The molecule has 0 aromatic rings. The standard InChI is InChI=1S/C11H22N2O2/c1-3-12-11-6-10(4-5-14)7-13(8-11)9(2)15/h10-12,14H,3-8H2,1-2H3. The van der Waals surface area contributed by atoms with E-state index in [9.17, 15) is 4.79 Å². The number of amides is 1. The summed E-state index contributed by atoms with van der Waals surface area (Å²) in [5.41, 5.74) is 0. The minimum absolute atomic E-state index is 0.139. The van der Waals surface area contributed by atoms with Gasteiger partial charge in [0.15, 0.2) is 0 Å². The van der Waals surface area contributed by atoms with Gasteiger partial charge in [-0.05, 0) is 25.3 Å². The topological polar surface area (TPSA) is 52.6 Å². The van der Waals surface area contributed by atoms with Crippen LogP contribution in [0, 0.1) is 5.92 Å². The van der Waals surface area contributed by atoms with E-state index in [-0.39, 0.29) is 12.5 Å². The van der Waals surface area contributed by atoms with Gasteiger partial charge in [-0.15, -0.1) is 0 Å². The molecule has 1 saturated heterocycles. The molecule has 2 atom stereocenters. The van der Waals surface area contributed by atoms with Crippen LogP contribution >= 0.6 is 0 Å². The number of hydrogen-bond acceptors (Lipinski definition) is 3. The number of nitrogens with zero attached hydrogens (tertiary/aromatic N) is 1. The van der Waals surface area contributed by atoms with Crippen molar-refractivity contribution in [1.29, 1.82) is 0 Å². The molecule has 0 saturated carbocycles. The quantitative estimate of drug-likeness (QED) is 0.703. The molecule has 1 heterocycles. The first kappa shape index (κ1) is 12.5. The van der Waals surface area contributed by atoms with Crippen LogP contribution in [0.25, 0.3) is 0 Å². The SMILES string of the molecule is CCNC1CC(CCO)CN(C(C)=O)C1. The van der Waals surface area contributed by atoms with E-state index in [2.05, 4.69) is 12.2 Å². The molecular formula is C11H22N2O2. The number of hydrogen-bond donors (Lipinski definition) is 2. The number of carbonyl (C=O) groups is 1. The smallest absolute Gasteiger partial charge is 0.219 e. The van der Waals surface area contributed by atoms with E-state index < -0.39 is 0 Å². The van der Waals surface area contributed by atoms with Gasteiger partial charge in [0, 0.05) is 32.7 Å². The largest absolute Gasteiger partial charge is 0.396 e. The van der Waals surface area contributed by atoms with E-state index in [0.29, 0.717) is 12.0 Å². The molecule has 2 unspecified atom stereocenters. The second-order valence-corrected chi connectivity index (χ2v) is 4.29. The van der Waals surface area contributed by atoms with Crippen molar-refractivity contribution in [3.05, 3.63) is 0 Å². The first-order valence-corrected chi connectivity index (χ1v) is 5.77. The van der Waals surface area contributed by atoms with Crippen LogP contribution in [0.2, 0.25) is 0 Å². The summed E-state index contributed by atoms with van der Waals surface area (Å²) in [5.74, 6) is 0.581. The maximum atomic E-state index is 11.3. The van der Waals surface area contributed by atoms with E-state index >= 15 is 0 Å². The van der Waals surface area contributed by atoms with Gasteiger partial charge in [0.25, 0.3) is 0 Å². The predicted molar refractivity (Wildman–Crippen MR) is 59.5 cm³/mol. The lowest BCUT2D eigenvalue weighted by Gasteiger charge is -2.37. The number of likely N-dealkylation sites (N-methyl/N-ethyl adjacent to an activating group) is 1. The highest BCUT2D eigenvalue weighted by Gasteiger charge is 2.27. The Labute approximate surface area is 91.6 Å². The normalized spacial score (nSPS) is 26.7. The van der Waals surface area contributed by atoms with Gasteiger partial charge < -0.3 is 15.3 Å². The van der Waals surface area contributed by atoms with Crippen LogP contribution in [0.5, 0.6) is 0 Å². The number of aliphatic hydroxyl groups is 1. The number of carbonyl (C=O) groups excluding carboxylic acids is 1. The fourth-order valence-corrected chi connectivity index (χ4v) is 2.29. The van der Waals surface area contributed by atoms with Crippen LogP contribution in [0.4, 0.5) is 0 Å². The average Bonchev–Trinajstić information content (AvgIpc) is 2.18. The van der Waals surface area contributed by atoms with Gasteiger partial charge in [0.2, 0.25) is 5.91 Å². The molecule has 2 N–H and O–H groups in total. The van der Waals surface area contributed by atoms with Crippen molar-refractivity contribution in [2.75, 3.05) is 26.2 Å². The van der Waals surface area contributed by atoms with Crippen molar-refractivity contribution in [3.63, 3.8) is 0 Å². The van der Waals surface area contributed by atoms with Crippen LogP contribution in [-0.2, 0) is 4.79 Å². The Morgan fingerprint density at radius 3 is 2.80 bits per heavy atom. The third-order valence-electron chi connectivity index (χ3n) is 3.01. The van der Waals surface area contributed by atoms with Gasteiger partial charge in [-0.1, -0.05) is 6.92 Å². The summed E-state index contributed by atoms with van der Waals surface area (Å²) in [7, 11) is 0. The lowest BCUT2D eigenvalue weighted by Crippen LogP contribution is -2.50. The zero-order valence-electron chi connectivity index (χ0n) is 9.70. The molecule has 4 heteroatoms. The summed E-state index contributed by atoms with van der Waals surface area (Å²) in [6, 6.07) is 0.393. The maximum Gasteiger partial charge on any atom is 0.219 e.